The molecule has 0 bridgehead atoms. The number of hydrogen-bond donors (Lipinski definition) is 1. The molecule has 1 fully saturated rings. The standard InChI is InChI=1S/C16H22N6O3/c1-11-8-12(19-16(18-11)22-4-6-25-7-5-22)9-17-14(23)13-10-21(2)20-15(13)24-3/h8,10H,4-7,9H2,1-3H3,(H,17,23). The normalized spacial score (nSPS) is 14.4. The molecule has 0 aromatic carbocycles. The lowest BCUT2D eigenvalue weighted by atomic mass is 10.3. The van der Waals surface area contributed by atoms with Gasteiger partial charge in [0.15, 0.2) is 0 Å². The summed E-state index contributed by atoms with van der Waals surface area (Å²) in [6.07, 6.45) is 1.62. The lowest BCUT2D eigenvalue weighted by Crippen LogP contribution is -2.37. The van der Waals surface area contributed by atoms with Gasteiger partial charge in [-0.2, -0.15) is 0 Å². The maximum Gasteiger partial charge on any atom is 0.258 e. The van der Waals surface area contributed by atoms with Gasteiger partial charge >= 0.3 is 0 Å². The van der Waals surface area contributed by atoms with Gasteiger partial charge in [0.1, 0.15) is 5.56 Å². The van der Waals surface area contributed by atoms with Crippen molar-refractivity contribution in [1.29, 1.82) is 0 Å². The summed E-state index contributed by atoms with van der Waals surface area (Å²) in [6, 6.07) is 1.87. The third-order valence-electron chi connectivity index (χ3n) is 3.85. The summed E-state index contributed by atoms with van der Waals surface area (Å²) in [5, 5.41) is 6.94. The molecule has 3 heterocycles. The summed E-state index contributed by atoms with van der Waals surface area (Å²) in [5.74, 6) is 0.716. The van der Waals surface area contributed by atoms with E-state index < -0.39 is 0 Å². The molecule has 1 aliphatic rings. The van der Waals surface area contributed by atoms with Crippen molar-refractivity contribution in [2.45, 2.75) is 13.5 Å². The highest BCUT2D eigenvalue weighted by Crippen LogP contribution is 2.15. The van der Waals surface area contributed by atoms with Gasteiger partial charge in [-0.15, -0.1) is 5.10 Å². The summed E-state index contributed by atoms with van der Waals surface area (Å²) in [5.41, 5.74) is 2.01. The molecule has 134 valence electrons. The fourth-order valence-corrected chi connectivity index (χ4v) is 2.65. The lowest BCUT2D eigenvalue weighted by molar-refractivity contribution is 0.0947. The van der Waals surface area contributed by atoms with Crippen LogP contribution < -0.4 is 15.0 Å². The smallest absolute Gasteiger partial charge is 0.258 e. The Kier molecular flexibility index (Phi) is 5.13. The lowest BCUT2D eigenvalue weighted by Gasteiger charge is -2.27. The molecule has 1 aliphatic heterocycles. The Balaban J connectivity index is 1.70. The van der Waals surface area contributed by atoms with Crippen LogP contribution in [0.25, 0.3) is 0 Å². The van der Waals surface area contributed by atoms with Crippen LogP contribution in [0.5, 0.6) is 5.88 Å². The van der Waals surface area contributed by atoms with Crippen molar-refractivity contribution in [2.75, 3.05) is 38.3 Å². The SMILES string of the molecule is COc1nn(C)cc1C(=O)NCc1cc(C)nc(N2CCOCC2)n1. The number of hydrogen-bond acceptors (Lipinski definition) is 7. The van der Waals surface area contributed by atoms with Gasteiger partial charge in [0.25, 0.3) is 5.91 Å². The van der Waals surface area contributed by atoms with Gasteiger partial charge in [-0.05, 0) is 13.0 Å². The van der Waals surface area contributed by atoms with E-state index in [1.54, 1.807) is 17.9 Å². The quantitative estimate of drug-likeness (QED) is 0.832. The Morgan fingerprint density at radius 3 is 2.84 bits per heavy atom. The van der Waals surface area contributed by atoms with Gasteiger partial charge in [0.05, 0.1) is 32.6 Å². The molecule has 2 aromatic rings. The Bertz CT molecular complexity index is 754. The fourth-order valence-electron chi connectivity index (χ4n) is 2.65. The van der Waals surface area contributed by atoms with E-state index in [-0.39, 0.29) is 5.91 Å². The predicted octanol–water partition coefficient (Wildman–Crippen LogP) is 0.294. The van der Waals surface area contributed by atoms with Crippen molar-refractivity contribution in [2.24, 2.45) is 7.05 Å². The average Bonchev–Trinajstić information content (AvgIpc) is 3.01. The van der Waals surface area contributed by atoms with Crippen molar-refractivity contribution in [3.8, 4) is 5.88 Å². The number of amides is 1. The van der Waals surface area contributed by atoms with E-state index in [0.29, 0.717) is 37.2 Å². The van der Waals surface area contributed by atoms with Crippen molar-refractivity contribution in [3.63, 3.8) is 0 Å². The van der Waals surface area contributed by atoms with Crippen molar-refractivity contribution in [1.82, 2.24) is 25.1 Å². The highest BCUT2D eigenvalue weighted by Gasteiger charge is 2.18. The van der Waals surface area contributed by atoms with Crippen LogP contribution >= 0.6 is 0 Å². The Morgan fingerprint density at radius 2 is 2.12 bits per heavy atom. The Hall–Kier alpha value is -2.68. The van der Waals surface area contributed by atoms with Gasteiger partial charge in [-0.3, -0.25) is 9.48 Å². The molecular formula is C16H22N6O3. The molecule has 0 aliphatic carbocycles. The van der Waals surface area contributed by atoms with Crippen LogP contribution in [0.2, 0.25) is 0 Å². The predicted molar refractivity (Wildman–Crippen MR) is 90.7 cm³/mol. The number of carbonyl (C=O) groups is 1. The van der Waals surface area contributed by atoms with Gasteiger partial charge in [-0.25, -0.2) is 9.97 Å². The second kappa shape index (κ2) is 7.47. The Morgan fingerprint density at radius 1 is 1.36 bits per heavy atom. The first-order valence-corrected chi connectivity index (χ1v) is 8.10. The first-order valence-electron chi connectivity index (χ1n) is 8.10. The van der Waals surface area contributed by atoms with Crippen LogP contribution in [0.15, 0.2) is 12.3 Å². The van der Waals surface area contributed by atoms with E-state index in [4.69, 9.17) is 9.47 Å². The molecule has 0 spiro atoms. The minimum Gasteiger partial charge on any atom is -0.479 e. The number of aryl methyl sites for hydroxylation is 2. The van der Waals surface area contributed by atoms with Gasteiger partial charge in [0.2, 0.25) is 11.8 Å². The van der Waals surface area contributed by atoms with Crippen LogP contribution in [0.3, 0.4) is 0 Å². The van der Waals surface area contributed by atoms with Crippen LogP contribution in [-0.2, 0) is 18.3 Å². The molecule has 1 saturated heterocycles. The number of aromatic nitrogens is 4. The zero-order valence-corrected chi connectivity index (χ0v) is 14.7. The third-order valence-corrected chi connectivity index (χ3v) is 3.85. The maximum atomic E-state index is 12.4. The van der Waals surface area contributed by atoms with Gasteiger partial charge in [0, 0.05) is 32.0 Å². The molecule has 1 N–H and O–H groups in total. The number of morpholine rings is 1. The molecule has 0 radical (unpaired) electrons. The number of carbonyl (C=O) groups excluding carboxylic acids is 1. The number of nitrogens with one attached hydrogen (secondary N) is 1. The van der Waals surface area contributed by atoms with E-state index in [1.807, 2.05) is 13.0 Å². The van der Waals surface area contributed by atoms with Gasteiger partial charge in [-0.1, -0.05) is 0 Å². The Labute approximate surface area is 146 Å². The van der Waals surface area contributed by atoms with Crippen LogP contribution in [-0.4, -0.2) is 59.1 Å². The zero-order chi connectivity index (χ0) is 17.8. The summed E-state index contributed by atoms with van der Waals surface area (Å²) in [6.45, 7) is 5.09. The van der Waals surface area contributed by atoms with E-state index in [0.717, 1.165) is 24.5 Å². The van der Waals surface area contributed by atoms with E-state index >= 15 is 0 Å². The first kappa shape index (κ1) is 17.2. The van der Waals surface area contributed by atoms with E-state index in [9.17, 15) is 4.79 Å². The molecule has 9 heteroatoms. The van der Waals surface area contributed by atoms with Crippen molar-refractivity contribution >= 4 is 11.9 Å². The van der Waals surface area contributed by atoms with Gasteiger partial charge < -0.3 is 19.7 Å². The highest BCUT2D eigenvalue weighted by atomic mass is 16.5. The average molecular weight is 346 g/mol. The zero-order valence-electron chi connectivity index (χ0n) is 14.7. The number of anilines is 1. The van der Waals surface area contributed by atoms with Crippen LogP contribution in [0, 0.1) is 6.92 Å². The summed E-state index contributed by atoms with van der Waals surface area (Å²) in [7, 11) is 3.23. The summed E-state index contributed by atoms with van der Waals surface area (Å²) < 4.78 is 12.0. The minimum atomic E-state index is -0.255. The number of rotatable bonds is 5. The molecule has 0 saturated carbocycles. The minimum absolute atomic E-state index is 0.255. The van der Waals surface area contributed by atoms with Crippen molar-refractivity contribution < 1.29 is 14.3 Å². The number of ether oxygens (including phenoxy) is 2. The van der Waals surface area contributed by atoms with E-state index in [1.165, 1.54) is 7.11 Å². The molecule has 2 aromatic heterocycles. The molecule has 0 unspecified atom stereocenters. The summed E-state index contributed by atoms with van der Waals surface area (Å²) in [4.78, 5) is 23.5. The first-order chi connectivity index (χ1) is 12.1. The largest absolute Gasteiger partial charge is 0.479 e. The highest BCUT2D eigenvalue weighted by molar-refractivity contribution is 5.96. The maximum absolute atomic E-state index is 12.4. The monoisotopic (exact) mass is 346 g/mol. The summed E-state index contributed by atoms with van der Waals surface area (Å²) >= 11 is 0. The number of methoxy groups -OCH3 is 1. The molecule has 3 rings (SSSR count). The molecule has 25 heavy (non-hydrogen) atoms. The second-order valence-electron chi connectivity index (χ2n) is 5.81. The topological polar surface area (TPSA) is 94.4 Å². The molecule has 9 nitrogen and oxygen atoms in total. The van der Waals surface area contributed by atoms with Crippen molar-refractivity contribution in [3.05, 3.63) is 29.2 Å². The fraction of sp³-hybridized carbons (Fsp3) is 0.500. The third kappa shape index (κ3) is 4.05. The van der Waals surface area contributed by atoms with Crippen LogP contribution in [0.4, 0.5) is 5.95 Å². The van der Waals surface area contributed by atoms with Crippen LogP contribution in [0.1, 0.15) is 21.7 Å². The van der Waals surface area contributed by atoms with E-state index in [2.05, 4.69) is 25.3 Å². The molecule has 0 atom stereocenters. The number of nitrogens with zero attached hydrogens (tertiary/aromatic N) is 5. The molecular weight excluding hydrogens is 324 g/mol. The second-order valence-corrected chi connectivity index (χ2v) is 5.81. The molecule has 1 amide bonds.